The van der Waals surface area contributed by atoms with Gasteiger partial charge in [0.25, 0.3) is 0 Å². The highest BCUT2D eigenvalue weighted by atomic mass is 16.4. The van der Waals surface area contributed by atoms with Crippen molar-refractivity contribution >= 4 is 6.09 Å². The number of rotatable bonds is 5. The van der Waals surface area contributed by atoms with Gasteiger partial charge in [0.05, 0.1) is 11.6 Å². The molecule has 1 aromatic rings. The lowest BCUT2D eigenvalue weighted by Crippen LogP contribution is -2.47. The number of hydrogen-bond acceptors (Lipinski definition) is 3. The minimum atomic E-state index is -0.949. The minimum Gasteiger partial charge on any atom is -0.465 e. The zero-order chi connectivity index (χ0) is 16.2. The van der Waals surface area contributed by atoms with Crippen molar-refractivity contribution in [3.05, 3.63) is 35.9 Å². The number of nitrogens with one attached hydrogen (secondary N) is 2. The summed E-state index contributed by atoms with van der Waals surface area (Å²) >= 11 is 0. The molecule has 0 heterocycles. The molecule has 0 radical (unpaired) electrons. The van der Waals surface area contributed by atoms with E-state index in [0.29, 0.717) is 6.04 Å². The Kier molecular flexibility index (Phi) is 5.42. The Morgan fingerprint density at radius 3 is 2.18 bits per heavy atom. The summed E-state index contributed by atoms with van der Waals surface area (Å²) in [5.74, 6) is 0. The van der Waals surface area contributed by atoms with Gasteiger partial charge in [0.2, 0.25) is 0 Å². The highest BCUT2D eigenvalue weighted by Gasteiger charge is 2.32. The van der Waals surface area contributed by atoms with E-state index in [1.165, 1.54) is 0 Å². The smallest absolute Gasteiger partial charge is 0.404 e. The van der Waals surface area contributed by atoms with Crippen molar-refractivity contribution in [2.75, 3.05) is 0 Å². The molecule has 5 nitrogen and oxygen atoms in total. The maximum absolute atomic E-state index is 10.7. The Morgan fingerprint density at radius 1 is 1.14 bits per heavy atom. The molecule has 2 rings (SSSR count). The fourth-order valence-corrected chi connectivity index (χ4v) is 3.17. The molecule has 5 heteroatoms. The molecule has 122 valence electrons. The SMILES string of the molecule is CC(C)(O)C(NC1CCC(NC(=O)O)CC1)c1ccccc1. The molecule has 0 bridgehead atoms. The summed E-state index contributed by atoms with van der Waals surface area (Å²) in [7, 11) is 0. The normalized spacial score (nSPS) is 23.8. The molecule has 1 atom stereocenters. The van der Waals surface area contributed by atoms with Crippen LogP contribution in [0.1, 0.15) is 51.1 Å². The van der Waals surface area contributed by atoms with Crippen molar-refractivity contribution in [2.45, 2.75) is 63.3 Å². The van der Waals surface area contributed by atoms with Crippen LogP contribution in [-0.2, 0) is 0 Å². The van der Waals surface area contributed by atoms with Gasteiger partial charge in [-0.05, 0) is 45.1 Å². The Hall–Kier alpha value is -1.59. The first-order valence-corrected chi connectivity index (χ1v) is 7.89. The number of amides is 1. The summed E-state index contributed by atoms with van der Waals surface area (Å²) in [6, 6.07) is 10.2. The molecule has 1 amide bonds. The number of hydrogen-bond donors (Lipinski definition) is 4. The fourth-order valence-electron chi connectivity index (χ4n) is 3.17. The fraction of sp³-hybridized carbons (Fsp3) is 0.588. The van der Waals surface area contributed by atoms with E-state index >= 15 is 0 Å². The second-order valence-electron chi connectivity index (χ2n) is 6.66. The van der Waals surface area contributed by atoms with E-state index in [1.54, 1.807) is 0 Å². The van der Waals surface area contributed by atoms with Crippen LogP contribution in [0.3, 0.4) is 0 Å². The average Bonchev–Trinajstić information content (AvgIpc) is 2.45. The first-order chi connectivity index (χ1) is 10.4. The molecule has 1 aliphatic carbocycles. The summed E-state index contributed by atoms with van der Waals surface area (Å²) in [5, 5.41) is 25.4. The van der Waals surface area contributed by atoms with Gasteiger partial charge in [0.1, 0.15) is 0 Å². The van der Waals surface area contributed by atoms with Crippen LogP contribution in [0.2, 0.25) is 0 Å². The standard InChI is InChI=1S/C17H26N2O3/c1-17(2,22)15(12-6-4-3-5-7-12)18-13-8-10-14(11-9-13)19-16(20)21/h3-7,13-15,18-19,22H,8-11H2,1-2H3,(H,20,21). The van der Waals surface area contributed by atoms with E-state index < -0.39 is 11.7 Å². The van der Waals surface area contributed by atoms with Gasteiger partial charge in [-0.15, -0.1) is 0 Å². The molecule has 1 saturated carbocycles. The van der Waals surface area contributed by atoms with Crippen molar-refractivity contribution in [3.63, 3.8) is 0 Å². The quantitative estimate of drug-likeness (QED) is 0.674. The van der Waals surface area contributed by atoms with Crippen molar-refractivity contribution in [1.29, 1.82) is 0 Å². The van der Waals surface area contributed by atoms with Crippen LogP contribution < -0.4 is 10.6 Å². The summed E-state index contributed by atoms with van der Waals surface area (Å²) in [5.41, 5.74) is 0.207. The zero-order valence-electron chi connectivity index (χ0n) is 13.2. The predicted octanol–water partition coefficient (Wildman–Crippen LogP) is 2.67. The summed E-state index contributed by atoms with van der Waals surface area (Å²) < 4.78 is 0. The Morgan fingerprint density at radius 2 is 1.68 bits per heavy atom. The van der Waals surface area contributed by atoms with Gasteiger partial charge in [-0.2, -0.15) is 0 Å². The monoisotopic (exact) mass is 306 g/mol. The van der Waals surface area contributed by atoms with Crippen LogP contribution in [0.5, 0.6) is 0 Å². The van der Waals surface area contributed by atoms with Crippen molar-refractivity contribution in [2.24, 2.45) is 0 Å². The average molecular weight is 306 g/mol. The van der Waals surface area contributed by atoms with E-state index in [1.807, 2.05) is 44.2 Å². The van der Waals surface area contributed by atoms with Crippen molar-refractivity contribution in [1.82, 2.24) is 10.6 Å². The molecule has 0 saturated heterocycles. The zero-order valence-corrected chi connectivity index (χ0v) is 13.2. The predicted molar refractivity (Wildman–Crippen MR) is 85.8 cm³/mol. The molecule has 0 spiro atoms. The van der Waals surface area contributed by atoms with Gasteiger partial charge in [-0.3, -0.25) is 0 Å². The highest BCUT2D eigenvalue weighted by Crippen LogP contribution is 2.29. The second-order valence-corrected chi connectivity index (χ2v) is 6.66. The lowest BCUT2D eigenvalue weighted by Gasteiger charge is -2.37. The summed E-state index contributed by atoms with van der Waals surface area (Å²) in [4.78, 5) is 10.7. The van der Waals surface area contributed by atoms with Crippen LogP contribution in [0.25, 0.3) is 0 Å². The second kappa shape index (κ2) is 7.11. The third-order valence-corrected chi connectivity index (χ3v) is 4.30. The van der Waals surface area contributed by atoms with Crippen LogP contribution in [0.15, 0.2) is 30.3 Å². The van der Waals surface area contributed by atoms with Crippen LogP contribution in [-0.4, -0.2) is 34.0 Å². The number of aliphatic hydroxyl groups is 1. The Balaban J connectivity index is 1.97. The van der Waals surface area contributed by atoms with E-state index in [0.717, 1.165) is 31.2 Å². The largest absolute Gasteiger partial charge is 0.465 e. The van der Waals surface area contributed by atoms with Crippen molar-refractivity contribution in [3.8, 4) is 0 Å². The molecule has 1 aromatic carbocycles. The third-order valence-electron chi connectivity index (χ3n) is 4.30. The first-order valence-electron chi connectivity index (χ1n) is 7.89. The van der Waals surface area contributed by atoms with E-state index in [9.17, 15) is 9.90 Å². The molecule has 22 heavy (non-hydrogen) atoms. The van der Waals surface area contributed by atoms with Crippen LogP contribution in [0, 0.1) is 0 Å². The van der Waals surface area contributed by atoms with E-state index in [4.69, 9.17) is 5.11 Å². The molecule has 1 unspecified atom stereocenters. The van der Waals surface area contributed by atoms with Crippen LogP contribution >= 0.6 is 0 Å². The van der Waals surface area contributed by atoms with Gasteiger partial charge < -0.3 is 20.8 Å². The molecule has 1 fully saturated rings. The minimum absolute atomic E-state index is 0.0489. The molecule has 0 aliphatic heterocycles. The molecule has 0 aromatic heterocycles. The van der Waals surface area contributed by atoms with Crippen molar-refractivity contribution < 1.29 is 15.0 Å². The number of carboxylic acid groups (broad SMARTS) is 1. The topological polar surface area (TPSA) is 81.6 Å². The van der Waals surface area contributed by atoms with Gasteiger partial charge in [0.15, 0.2) is 0 Å². The maximum atomic E-state index is 10.7. The van der Waals surface area contributed by atoms with Gasteiger partial charge in [0, 0.05) is 12.1 Å². The molecular weight excluding hydrogens is 280 g/mol. The Labute approximate surface area is 131 Å². The lowest BCUT2D eigenvalue weighted by atomic mass is 9.87. The highest BCUT2D eigenvalue weighted by molar-refractivity contribution is 5.64. The van der Waals surface area contributed by atoms with Gasteiger partial charge in [-0.1, -0.05) is 30.3 Å². The first kappa shape index (κ1) is 16.8. The maximum Gasteiger partial charge on any atom is 0.404 e. The molecular formula is C17H26N2O3. The summed E-state index contributed by atoms with van der Waals surface area (Å²) in [6.45, 7) is 3.63. The van der Waals surface area contributed by atoms with Crippen LogP contribution in [0.4, 0.5) is 4.79 Å². The Bertz CT molecular complexity index is 476. The lowest BCUT2D eigenvalue weighted by molar-refractivity contribution is 0.0296. The van der Waals surface area contributed by atoms with Gasteiger partial charge in [-0.25, -0.2) is 4.79 Å². The molecule has 4 N–H and O–H groups in total. The third kappa shape index (κ3) is 4.71. The van der Waals surface area contributed by atoms with E-state index in [2.05, 4.69) is 10.6 Å². The summed E-state index contributed by atoms with van der Waals surface area (Å²) in [6.07, 6.45) is 2.53. The molecule has 1 aliphatic rings. The van der Waals surface area contributed by atoms with Gasteiger partial charge >= 0.3 is 6.09 Å². The number of benzene rings is 1. The number of carbonyl (C=O) groups is 1. The van der Waals surface area contributed by atoms with E-state index in [-0.39, 0.29) is 12.1 Å².